The lowest BCUT2D eigenvalue weighted by Gasteiger charge is -2.14. The Balaban J connectivity index is 0.000000693. The third-order valence-electron chi connectivity index (χ3n) is 4.39. The SMILES string of the molecule is CC.CN1CCC(c2c[nH]c3ccc(N4C=NNC4)cc23)C1. The number of likely N-dealkylation sites (N-methyl/N-ethyl adjacent to an activating group) is 1. The van der Waals surface area contributed by atoms with Crippen molar-refractivity contribution < 1.29 is 0 Å². The van der Waals surface area contributed by atoms with E-state index in [1.165, 1.54) is 35.1 Å². The lowest BCUT2D eigenvalue weighted by atomic mass is 9.97. The van der Waals surface area contributed by atoms with Gasteiger partial charge in [-0.1, -0.05) is 13.8 Å². The van der Waals surface area contributed by atoms with Gasteiger partial charge >= 0.3 is 0 Å². The minimum absolute atomic E-state index is 0.648. The van der Waals surface area contributed by atoms with Gasteiger partial charge in [0.25, 0.3) is 0 Å². The molecule has 118 valence electrons. The summed E-state index contributed by atoms with van der Waals surface area (Å²) in [7, 11) is 2.20. The van der Waals surface area contributed by atoms with Gasteiger partial charge in [0.05, 0.1) is 0 Å². The van der Waals surface area contributed by atoms with Gasteiger partial charge in [0, 0.05) is 29.3 Å². The topological polar surface area (TPSA) is 46.7 Å². The number of aromatic amines is 1. The van der Waals surface area contributed by atoms with Crippen molar-refractivity contribution in [1.82, 2.24) is 15.3 Å². The molecule has 0 radical (unpaired) electrons. The van der Waals surface area contributed by atoms with E-state index in [0.29, 0.717) is 5.92 Å². The lowest BCUT2D eigenvalue weighted by Crippen LogP contribution is -2.22. The highest BCUT2D eigenvalue weighted by Crippen LogP contribution is 2.33. The van der Waals surface area contributed by atoms with Gasteiger partial charge in [-0.25, -0.2) is 0 Å². The van der Waals surface area contributed by atoms with Gasteiger partial charge in [-0.3, -0.25) is 5.43 Å². The summed E-state index contributed by atoms with van der Waals surface area (Å²) in [6.45, 7) is 7.10. The number of hydrazone groups is 1. The van der Waals surface area contributed by atoms with E-state index in [1.807, 2.05) is 20.2 Å². The number of nitrogens with zero attached hydrogens (tertiary/aromatic N) is 3. The quantitative estimate of drug-likeness (QED) is 0.896. The molecule has 2 aliphatic heterocycles. The zero-order valence-electron chi connectivity index (χ0n) is 13.6. The summed E-state index contributed by atoms with van der Waals surface area (Å²) < 4.78 is 0. The predicted molar refractivity (Wildman–Crippen MR) is 93.5 cm³/mol. The molecule has 0 aliphatic carbocycles. The summed E-state index contributed by atoms with van der Waals surface area (Å²) in [4.78, 5) is 7.94. The smallest absolute Gasteiger partial charge is 0.117 e. The molecule has 1 fully saturated rings. The number of rotatable bonds is 2. The van der Waals surface area contributed by atoms with Gasteiger partial charge in [0.15, 0.2) is 0 Å². The second-order valence-electron chi connectivity index (χ2n) is 5.75. The predicted octanol–water partition coefficient (Wildman–Crippen LogP) is 2.92. The van der Waals surface area contributed by atoms with Crippen molar-refractivity contribution in [1.29, 1.82) is 0 Å². The van der Waals surface area contributed by atoms with Gasteiger partial charge in [-0.2, -0.15) is 5.10 Å². The Morgan fingerprint density at radius 3 is 2.82 bits per heavy atom. The van der Waals surface area contributed by atoms with E-state index in [0.717, 1.165) is 13.2 Å². The van der Waals surface area contributed by atoms with Gasteiger partial charge in [0.1, 0.15) is 13.0 Å². The van der Waals surface area contributed by atoms with Crippen molar-refractivity contribution in [3.63, 3.8) is 0 Å². The van der Waals surface area contributed by atoms with Crippen LogP contribution in [-0.2, 0) is 0 Å². The van der Waals surface area contributed by atoms with E-state index in [1.54, 1.807) is 0 Å². The maximum absolute atomic E-state index is 4.06. The van der Waals surface area contributed by atoms with Crippen molar-refractivity contribution in [2.45, 2.75) is 26.2 Å². The summed E-state index contributed by atoms with van der Waals surface area (Å²) >= 11 is 0. The fourth-order valence-corrected chi connectivity index (χ4v) is 3.26. The van der Waals surface area contributed by atoms with E-state index >= 15 is 0 Å². The molecule has 0 amide bonds. The van der Waals surface area contributed by atoms with Gasteiger partial charge < -0.3 is 14.8 Å². The average molecular weight is 299 g/mol. The van der Waals surface area contributed by atoms with E-state index in [9.17, 15) is 0 Å². The number of hydrogen-bond donors (Lipinski definition) is 2. The molecule has 0 saturated carbocycles. The number of aromatic nitrogens is 1. The van der Waals surface area contributed by atoms with Crippen LogP contribution in [0.25, 0.3) is 10.9 Å². The van der Waals surface area contributed by atoms with Crippen LogP contribution in [-0.4, -0.2) is 43.0 Å². The van der Waals surface area contributed by atoms with E-state index in [2.05, 4.69) is 56.8 Å². The van der Waals surface area contributed by atoms with E-state index < -0.39 is 0 Å². The molecule has 1 atom stereocenters. The van der Waals surface area contributed by atoms with Crippen LogP contribution >= 0.6 is 0 Å². The Hall–Kier alpha value is -2.01. The van der Waals surface area contributed by atoms with Crippen LogP contribution in [0, 0.1) is 0 Å². The number of hydrogen-bond acceptors (Lipinski definition) is 4. The first-order valence-electron chi connectivity index (χ1n) is 8.13. The second-order valence-corrected chi connectivity index (χ2v) is 5.75. The molecule has 0 bridgehead atoms. The lowest BCUT2D eigenvalue weighted by molar-refractivity contribution is 0.412. The van der Waals surface area contributed by atoms with Crippen LogP contribution in [0.4, 0.5) is 5.69 Å². The molecular weight excluding hydrogens is 274 g/mol. The molecule has 5 heteroatoms. The standard InChI is InChI=1S/C15H19N5.C2H6/c1-19-5-4-11(8-19)14-7-16-15-3-2-12(6-13(14)15)20-9-17-18-10-20;1-2/h2-3,6-7,9,11,16,18H,4-5,8,10H2,1H3;1-2H3. The van der Waals surface area contributed by atoms with Crippen LogP contribution in [0.5, 0.6) is 0 Å². The maximum Gasteiger partial charge on any atom is 0.117 e. The molecule has 1 aromatic heterocycles. The number of likely N-dealkylation sites (tertiary alicyclic amines) is 1. The van der Waals surface area contributed by atoms with Crippen molar-refractivity contribution in [3.8, 4) is 0 Å². The number of H-pyrrole nitrogens is 1. The Morgan fingerprint density at radius 1 is 1.27 bits per heavy atom. The minimum atomic E-state index is 0.648. The van der Waals surface area contributed by atoms with Gasteiger partial charge in [0.2, 0.25) is 0 Å². The molecule has 22 heavy (non-hydrogen) atoms. The first-order chi connectivity index (χ1) is 10.8. The van der Waals surface area contributed by atoms with Gasteiger partial charge in [-0.15, -0.1) is 0 Å². The number of anilines is 1. The van der Waals surface area contributed by atoms with Crippen molar-refractivity contribution in [2.75, 3.05) is 31.7 Å². The Labute approximate surface area is 132 Å². The highest BCUT2D eigenvalue weighted by Gasteiger charge is 2.23. The molecule has 1 aromatic carbocycles. The summed E-state index contributed by atoms with van der Waals surface area (Å²) in [5.74, 6) is 0.648. The minimum Gasteiger partial charge on any atom is -0.361 e. The number of benzene rings is 1. The fraction of sp³-hybridized carbons (Fsp3) is 0.471. The zero-order valence-corrected chi connectivity index (χ0v) is 13.6. The van der Waals surface area contributed by atoms with Crippen LogP contribution in [0.1, 0.15) is 31.7 Å². The maximum atomic E-state index is 4.06. The Kier molecular flexibility index (Phi) is 4.34. The third-order valence-corrected chi connectivity index (χ3v) is 4.39. The van der Waals surface area contributed by atoms with Crippen molar-refractivity contribution in [2.24, 2.45) is 5.10 Å². The van der Waals surface area contributed by atoms with Crippen LogP contribution in [0.3, 0.4) is 0 Å². The van der Waals surface area contributed by atoms with E-state index in [4.69, 9.17) is 0 Å². The largest absolute Gasteiger partial charge is 0.361 e. The third kappa shape index (κ3) is 2.68. The molecule has 5 nitrogen and oxygen atoms in total. The monoisotopic (exact) mass is 299 g/mol. The Bertz CT molecular complexity index is 660. The first-order valence-corrected chi connectivity index (χ1v) is 8.13. The highest BCUT2D eigenvalue weighted by molar-refractivity contribution is 5.90. The molecular formula is C17H25N5. The molecule has 0 spiro atoms. The zero-order chi connectivity index (χ0) is 15.5. The summed E-state index contributed by atoms with van der Waals surface area (Å²) in [5, 5.41) is 5.41. The molecule has 1 unspecified atom stereocenters. The van der Waals surface area contributed by atoms with Crippen molar-refractivity contribution >= 4 is 22.9 Å². The van der Waals surface area contributed by atoms with Gasteiger partial charge in [-0.05, 0) is 49.7 Å². The van der Waals surface area contributed by atoms with E-state index in [-0.39, 0.29) is 0 Å². The van der Waals surface area contributed by atoms with Crippen LogP contribution in [0.15, 0.2) is 29.5 Å². The first kappa shape index (κ1) is 14.9. The molecule has 4 rings (SSSR count). The molecule has 1 saturated heterocycles. The van der Waals surface area contributed by atoms with Crippen molar-refractivity contribution in [3.05, 3.63) is 30.0 Å². The molecule has 2 aliphatic rings. The summed E-state index contributed by atoms with van der Waals surface area (Å²) in [5.41, 5.74) is 6.84. The highest BCUT2D eigenvalue weighted by atomic mass is 15.5. The molecule has 3 heterocycles. The fourth-order valence-electron chi connectivity index (χ4n) is 3.26. The molecule has 2 N–H and O–H groups in total. The normalized spacial score (nSPS) is 21.0. The summed E-state index contributed by atoms with van der Waals surface area (Å²) in [6.07, 6.45) is 5.28. The van der Waals surface area contributed by atoms with Crippen LogP contribution in [0.2, 0.25) is 0 Å². The number of nitrogens with one attached hydrogen (secondary N) is 2. The second kappa shape index (κ2) is 6.40. The molecule has 2 aromatic rings. The average Bonchev–Trinajstić information content (AvgIpc) is 3.28. The summed E-state index contributed by atoms with van der Waals surface area (Å²) in [6, 6.07) is 6.58. The van der Waals surface area contributed by atoms with Crippen LogP contribution < -0.4 is 10.3 Å². The number of fused-ring (bicyclic) bond motifs is 1. The Morgan fingerprint density at radius 2 is 2.14 bits per heavy atom.